The molecule has 2 aromatic rings. The predicted molar refractivity (Wildman–Crippen MR) is 115 cm³/mol. The van der Waals surface area contributed by atoms with E-state index in [4.69, 9.17) is 4.74 Å². The van der Waals surface area contributed by atoms with Gasteiger partial charge in [0.25, 0.3) is 15.7 Å². The fourth-order valence-corrected chi connectivity index (χ4v) is 3.96. The lowest BCUT2D eigenvalue weighted by molar-refractivity contribution is -0.116. The SMILES string of the molecule is CN(CC(=O)Nc1ccc(N2CCOCC2)cc1)C(=O)c1ccc(S(=O)(=O)C(F)(F)F)cc1. The Kier molecular flexibility index (Phi) is 7.28. The second kappa shape index (κ2) is 9.79. The number of carbonyl (C=O) groups is 2. The quantitative estimate of drug-likeness (QED) is 0.676. The lowest BCUT2D eigenvalue weighted by atomic mass is 10.2. The smallest absolute Gasteiger partial charge is 0.378 e. The van der Waals surface area contributed by atoms with E-state index in [1.165, 1.54) is 7.05 Å². The number of ether oxygens (including phenoxy) is 1. The van der Waals surface area contributed by atoms with Crippen LogP contribution in [0.2, 0.25) is 0 Å². The number of carbonyl (C=O) groups excluding carboxylic acids is 2. The highest BCUT2D eigenvalue weighted by Gasteiger charge is 2.46. The highest BCUT2D eigenvalue weighted by Crippen LogP contribution is 2.30. The van der Waals surface area contributed by atoms with E-state index in [9.17, 15) is 31.2 Å². The Morgan fingerprint density at radius 3 is 2.15 bits per heavy atom. The number of hydrogen-bond donors (Lipinski definition) is 1. The Morgan fingerprint density at radius 1 is 1.03 bits per heavy atom. The van der Waals surface area contributed by atoms with Crippen molar-refractivity contribution in [3.05, 3.63) is 54.1 Å². The molecular formula is C21H22F3N3O5S. The normalized spacial score (nSPS) is 14.6. The van der Waals surface area contributed by atoms with Crippen molar-refractivity contribution in [1.82, 2.24) is 4.90 Å². The number of anilines is 2. The number of hydrogen-bond acceptors (Lipinski definition) is 6. The first kappa shape index (κ1) is 24.5. The Balaban J connectivity index is 1.57. The second-order valence-electron chi connectivity index (χ2n) is 7.33. The Labute approximate surface area is 188 Å². The van der Waals surface area contributed by atoms with Crippen molar-refractivity contribution in [2.75, 3.05) is 50.1 Å². The molecule has 2 amide bonds. The Morgan fingerprint density at radius 2 is 1.61 bits per heavy atom. The molecule has 1 aliphatic heterocycles. The number of likely N-dealkylation sites (N-methyl/N-ethyl adjacent to an activating group) is 1. The van der Waals surface area contributed by atoms with Gasteiger partial charge in [-0.25, -0.2) is 8.42 Å². The van der Waals surface area contributed by atoms with Crippen LogP contribution in [0.5, 0.6) is 0 Å². The maximum absolute atomic E-state index is 12.6. The van der Waals surface area contributed by atoms with Gasteiger partial charge in [-0.1, -0.05) is 0 Å². The second-order valence-corrected chi connectivity index (χ2v) is 9.27. The molecule has 1 saturated heterocycles. The van der Waals surface area contributed by atoms with Crippen LogP contribution in [0.3, 0.4) is 0 Å². The molecule has 0 saturated carbocycles. The average Bonchev–Trinajstić information content (AvgIpc) is 2.79. The van der Waals surface area contributed by atoms with Crippen LogP contribution in [0.1, 0.15) is 10.4 Å². The third kappa shape index (κ3) is 5.82. The summed E-state index contributed by atoms with van der Waals surface area (Å²) in [7, 11) is -4.15. The molecule has 0 unspecified atom stereocenters. The lowest BCUT2D eigenvalue weighted by Gasteiger charge is -2.28. The average molecular weight is 485 g/mol. The zero-order chi connectivity index (χ0) is 24.2. The van der Waals surface area contributed by atoms with Gasteiger partial charge in [0.1, 0.15) is 0 Å². The first-order valence-corrected chi connectivity index (χ1v) is 11.4. The zero-order valence-corrected chi connectivity index (χ0v) is 18.4. The summed E-state index contributed by atoms with van der Waals surface area (Å²) in [6.07, 6.45) is 0. The summed E-state index contributed by atoms with van der Waals surface area (Å²) in [5, 5.41) is 2.67. The maximum Gasteiger partial charge on any atom is 0.501 e. The number of alkyl halides is 3. The summed E-state index contributed by atoms with van der Waals surface area (Å²) in [6, 6.07) is 10.6. The number of rotatable bonds is 6. The summed E-state index contributed by atoms with van der Waals surface area (Å²) in [6.45, 7) is 2.55. The summed E-state index contributed by atoms with van der Waals surface area (Å²) >= 11 is 0. The van der Waals surface area contributed by atoms with Crippen molar-refractivity contribution in [3.8, 4) is 0 Å². The van der Waals surface area contributed by atoms with Crippen LogP contribution in [0.25, 0.3) is 0 Å². The molecule has 0 atom stereocenters. The summed E-state index contributed by atoms with van der Waals surface area (Å²) in [4.78, 5) is 27.0. The highest BCUT2D eigenvalue weighted by molar-refractivity contribution is 7.92. The summed E-state index contributed by atoms with van der Waals surface area (Å²) < 4.78 is 66.0. The van der Waals surface area contributed by atoms with Crippen molar-refractivity contribution < 1.29 is 35.9 Å². The van der Waals surface area contributed by atoms with Crippen molar-refractivity contribution in [3.63, 3.8) is 0 Å². The van der Waals surface area contributed by atoms with Crippen LogP contribution in [-0.4, -0.2) is 70.5 Å². The van der Waals surface area contributed by atoms with Crippen LogP contribution in [0.15, 0.2) is 53.4 Å². The topological polar surface area (TPSA) is 96.0 Å². The van der Waals surface area contributed by atoms with E-state index in [0.717, 1.165) is 35.8 Å². The molecule has 8 nitrogen and oxygen atoms in total. The van der Waals surface area contributed by atoms with E-state index in [0.29, 0.717) is 31.0 Å². The molecule has 0 radical (unpaired) electrons. The van der Waals surface area contributed by atoms with Crippen LogP contribution >= 0.6 is 0 Å². The van der Waals surface area contributed by atoms with Crippen LogP contribution in [0, 0.1) is 0 Å². The van der Waals surface area contributed by atoms with Crippen molar-refractivity contribution in [2.24, 2.45) is 0 Å². The number of nitrogens with one attached hydrogen (secondary N) is 1. The van der Waals surface area contributed by atoms with Crippen molar-refractivity contribution in [2.45, 2.75) is 10.4 Å². The molecule has 12 heteroatoms. The Bertz CT molecular complexity index is 1100. The van der Waals surface area contributed by atoms with Crippen LogP contribution < -0.4 is 10.2 Å². The number of morpholine rings is 1. The molecule has 0 bridgehead atoms. The monoisotopic (exact) mass is 485 g/mol. The van der Waals surface area contributed by atoms with Crippen LogP contribution in [-0.2, 0) is 19.4 Å². The Hall–Kier alpha value is -3.12. The highest BCUT2D eigenvalue weighted by atomic mass is 32.2. The van der Waals surface area contributed by atoms with Gasteiger partial charge in [0.05, 0.1) is 24.7 Å². The van der Waals surface area contributed by atoms with Crippen LogP contribution in [0.4, 0.5) is 24.5 Å². The van der Waals surface area contributed by atoms with Gasteiger partial charge in [-0.15, -0.1) is 0 Å². The fourth-order valence-electron chi connectivity index (χ4n) is 3.20. The van der Waals surface area contributed by atoms with E-state index in [2.05, 4.69) is 10.2 Å². The van der Waals surface area contributed by atoms with Gasteiger partial charge in [-0.3, -0.25) is 9.59 Å². The molecule has 3 rings (SSSR count). The molecule has 1 aliphatic rings. The minimum Gasteiger partial charge on any atom is -0.378 e. The minimum absolute atomic E-state index is 0.0544. The number of amides is 2. The third-order valence-electron chi connectivity index (χ3n) is 4.97. The fraction of sp³-hybridized carbons (Fsp3) is 0.333. The number of nitrogens with zero attached hydrogens (tertiary/aromatic N) is 2. The molecule has 1 fully saturated rings. The number of halogens is 3. The lowest BCUT2D eigenvalue weighted by Crippen LogP contribution is -2.36. The van der Waals surface area contributed by atoms with Gasteiger partial charge in [0, 0.05) is 37.1 Å². The molecular weight excluding hydrogens is 463 g/mol. The van der Waals surface area contributed by atoms with E-state index in [1.54, 1.807) is 12.1 Å². The molecule has 2 aromatic carbocycles. The zero-order valence-electron chi connectivity index (χ0n) is 17.6. The minimum atomic E-state index is -5.50. The molecule has 1 N–H and O–H groups in total. The number of sulfone groups is 1. The molecule has 33 heavy (non-hydrogen) atoms. The van der Waals surface area contributed by atoms with E-state index in [-0.39, 0.29) is 12.1 Å². The van der Waals surface area contributed by atoms with E-state index < -0.39 is 32.1 Å². The van der Waals surface area contributed by atoms with Crippen molar-refractivity contribution in [1.29, 1.82) is 0 Å². The first-order valence-electron chi connectivity index (χ1n) is 9.88. The first-order chi connectivity index (χ1) is 15.5. The molecule has 1 heterocycles. The number of benzene rings is 2. The summed E-state index contributed by atoms with van der Waals surface area (Å²) in [5.74, 6) is -1.12. The van der Waals surface area contributed by atoms with Gasteiger partial charge in [-0.05, 0) is 48.5 Å². The van der Waals surface area contributed by atoms with Crippen molar-refractivity contribution >= 4 is 33.0 Å². The predicted octanol–water partition coefficient (Wildman–Crippen LogP) is 2.53. The van der Waals surface area contributed by atoms with E-state index in [1.807, 2.05) is 12.1 Å². The van der Waals surface area contributed by atoms with Gasteiger partial charge < -0.3 is 19.9 Å². The molecule has 0 aromatic heterocycles. The molecule has 0 aliphatic carbocycles. The third-order valence-corrected chi connectivity index (χ3v) is 6.47. The molecule has 178 valence electrons. The largest absolute Gasteiger partial charge is 0.501 e. The molecule has 0 spiro atoms. The maximum atomic E-state index is 12.6. The van der Waals surface area contributed by atoms with Gasteiger partial charge >= 0.3 is 5.51 Å². The van der Waals surface area contributed by atoms with Gasteiger partial charge in [-0.2, -0.15) is 13.2 Å². The summed E-state index contributed by atoms with van der Waals surface area (Å²) in [5.41, 5.74) is -3.95. The van der Waals surface area contributed by atoms with E-state index >= 15 is 0 Å². The standard InChI is InChI=1S/C21H22F3N3O5S/c1-26(20(29)15-2-8-18(9-3-15)33(30,31)21(22,23)24)14-19(28)25-16-4-6-17(7-5-16)27-10-12-32-13-11-27/h2-9H,10-14H2,1H3,(H,25,28). The van der Waals surface area contributed by atoms with Gasteiger partial charge in [0.15, 0.2) is 0 Å². The van der Waals surface area contributed by atoms with Gasteiger partial charge in [0.2, 0.25) is 5.91 Å².